The quantitative estimate of drug-likeness (QED) is 0.334. The van der Waals surface area contributed by atoms with Crippen molar-refractivity contribution in [1.29, 1.82) is 0 Å². The van der Waals surface area contributed by atoms with Gasteiger partial charge in [-0.2, -0.15) is 8.78 Å². The summed E-state index contributed by atoms with van der Waals surface area (Å²) in [4.78, 5) is 22.8. The number of rotatable bonds is 7. The number of ketones is 1. The summed E-state index contributed by atoms with van der Waals surface area (Å²) in [6, 6.07) is 4.44. The van der Waals surface area contributed by atoms with Gasteiger partial charge in [-0.3, -0.25) is 9.59 Å². The van der Waals surface area contributed by atoms with E-state index >= 15 is 0 Å². The van der Waals surface area contributed by atoms with Crippen molar-refractivity contribution in [2.45, 2.75) is 25.1 Å². The van der Waals surface area contributed by atoms with Crippen LogP contribution in [0.5, 0.6) is 5.75 Å². The molecule has 0 N–H and O–H groups in total. The first-order valence-corrected chi connectivity index (χ1v) is 6.33. The van der Waals surface area contributed by atoms with Gasteiger partial charge in [0, 0.05) is 5.56 Å². The zero-order chi connectivity index (χ0) is 16.0. The molecule has 0 aliphatic rings. The molecule has 1 unspecified atom stereocenters. The largest absolute Gasteiger partial charge is 0.466 e. The molecule has 1 aromatic carbocycles. The number of carbonyl (C=O) groups is 2. The maximum Gasteiger partial charge on any atom is 0.444 e. The minimum atomic E-state index is -4.18. The molecule has 4 nitrogen and oxygen atoms in total. The topological polar surface area (TPSA) is 52.6 Å². The van der Waals surface area contributed by atoms with Crippen LogP contribution in [0, 0.1) is 0 Å². The van der Waals surface area contributed by atoms with Crippen molar-refractivity contribution < 1.29 is 32.2 Å². The van der Waals surface area contributed by atoms with Crippen molar-refractivity contribution in [1.82, 2.24) is 0 Å². The highest BCUT2D eigenvalue weighted by Gasteiger charge is 2.42. The Hall–Kier alpha value is -1.76. The second-order valence-electron chi connectivity index (χ2n) is 3.89. The summed E-state index contributed by atoms with van der Waals surface area (Å²) in [6.45, 7) is 1.75. The molecule has 0 aliphatic carbocycles. The molecular weight excluding hydrogens is 313 g/mol. The highest BCUT2D eigenvalue weighted by atomic mass is 35.5. The average molecular weight is 325 g/mol. The van der Waals surface area contributed by atoms with Crippen molar-refractivity contribution in [3.63, 3.8) is 0 Å². The van der Waals surface area contributed by atoms with Crippen LogP contribution in [0.1, 0.15) is 23.7 Å². The van der Waals surface area contributed by atoms with Crippen LogP contribution in [0.15, 0.2) is 24.3 Å². The molecule has 8 heteroatoms. The van der Waals surface area contributed by atoms with Crippen LogP contribution in [0.25, 0.3) is 0 Å². The van der Waals surface area contributed by atoms with E-state index in [-0.39, 0.29) is 17.9 Å². The Balaban J connectivity index is 2.70. The molecule has 116 valence electrons. The molecule has 0 saturated carbocycles. The maximum absolute atomic E-state index is 12.9. The van der Waals surface area contributed by atoms with Gasteiger partial charge >= 0.3 is 12.1 Å². The molecule has 0 bridgehead atoms. The van der Waals surface area contributed by atoms with Gasteiger partial charge in [-0.25, -0.2) is 4.39 Å². The average Bonchev–Trinajstić information content (AvgIpc) is 2.39. The van der Waals surface area contributed by atoms with Crippen molar-refractivity contribution in [3.05, 3.63) is 29.8 Å². The van der Waals surface area contributed by atoms with Crippen LogP contribution >= 0.6 is 11.6 Å². The third-order valence-corrected chi connectivity index (χ3v) is 2.55. The normalized spacial score (nSPS) is 12.6. The summed E-state index contributed by atoms with van der Waals surface area (Å²) in [5.41, 5.74) is -2.89. The van der Waals surface area contributed by atoms with E-state index < -0.39 is 29.9 Å². The van der Waals surface area contributed by atoms with Crippen LogP contribution < -0.4 is 4.74 Å². The Bertz CT molecular complexity index is 503. The lowest BCUT2D eigenvalue weighted by atomic mass is 10.1. The Labute approximate surface area is 123 Å². The van der Waals surface area contributed by atoms with Gasteiger partial charge < -0.3 is 9.47 Å². The second kappa shape index (κ2) is 7.31. The first kappa shape index (κ1) is 17.3. The van der Waals surface area contributed by atoms with Crippen LogP contribution in [-0.2, 0) is 9.53 Å². The number of Topliss-reactive ketones (excluding diaryl/α,β-unsaturated/α-hetero) is 1. The summed E-state index contributed by atoms with van der Waals surface area (Å²) < 4.78 is 46.8. The Morgan fingerprint density at radius 2 is 1.86 bits per heavy atom. The van der Waals surface area contributed by atoms with Crippen LogP contribution in [-0.4, -0.2) is 30.1 Å². The smallest absolute Gasteiger partial charge is 0.444 e. The number of halogens is 4. The van der Waals surface area contributed by atoms with Gasteiger partial charge in [0.1, 0.15) is 12.2 Å². The van der Waals surface area contributed by atoms with Gasteiger partial charge in [-0.05, 0) is 31.2 Å². The van der Waals surface area contributed by atoms with Gasteiger partial charge in [0.25, 0.3) is 5.63 Å². The van der Waals surface area contributed by atoms with Gasteiger partial charge in [0.2, 0.25) is 0 Å². The fourth-order valence-corrected chi connectivity index (χ4v) is 1.40. The van der Waals surface area contributed by atoms with E-state index in [0.29, 0.717) is 0 Å². The van der Waals surface area contributed by atoms with Crippen molar-refractivity contribution in [3.8, 4) is 5.75 Å². The molecular formula is C13H12ClF3O4. The number of esters is 1. The van der Waals surface area contributed by atoms with Crippen molar-refractivity contribution in [2.24, 2.45) is 0 Å². The van der Waals surface area contributed by atoms with Crippen molar-refractivity contribution >= 4 is 23.4 Å². The van der Waals surface area contributed by atoms with Gasteiger partial charge in [-0.15, -0.1) is 0 Å². The first-order valence-electron chi connectivity index (χ1n) is 5.90. The van der Waals surface area contributed by atoms with E-state index in [1.165, 1.54) is 12.1 Å². The minimum absolute atomic E-state index is 0.112. The summed E-state index contributed by atoms with van der Waals surface area (Å²) in [6.07, 6.45) is -4.64. The molecule has 1 atom stereocenters. The third kappa shape index (κ3) is 5.26. The number of hydrogen-bond donors (Lipinski definition) is 0. The summed E-state index contributed by atoms with van der Waals surface area (Å²) >= 11 is 4.64. The molecule has 0 saturated heterocycles. The zero-order valence-corrected chi connectivity index (χ0v) is 11.7. The van der Waals surface area contributed by atoms with Crippen molar-refractivity contribution in [2.75, 3.05) is 6.61 Å². The SMILES string of the molecule is CCOC(=O)CC(=O)c1ccc(OC(F)(F)C(F)Cl)cc1. The van der Waals surface area contributed by atoms with Crippen LogP contribution in [0.3, 0.4) is 0 Å². The number of alkyl halides is 4. The van der Waals surface area contributed by atoms with Gasteiger partial charge in [0.05, 0.1) is 6.61 Å². The molecule has 0 spiro atoms. The van der Waals surface area contributed by atoms with E-state index in [9.17, 15) is 22.8 Å². The lowest BCUT2D eigenvalue weighted by Gasteiger charge is -2.17. The molecule has 1 rings (SSSR count). The van der Waals surface area contributed by atoms with E-state index in [1.54, 1.807) is 6.92 Å². The number of carbonyl (C=O) groups excluding carboxylic acids is 2. The number of benzene rings is 1. The standard InChI is InChI=1S/C13H12ClF3O4/c1-2-20-11(19)7-10(18)8-3-5-9(6-4-8)21-13(16,17)12(14)15/h3-6,12H,2,7H2,1H3. The number of ether oxygens (including phenoxy) is 2. The maximum atomic E-state index is 12.9. The fraction of sp³-hybridized carbons (Fsp3) is 0.385. The lowest BCUT2D eigenvalue weighted by Crippen LogP contribution is -2.32. The predicted octanol–water partition coefficient (Wildman–Crippen LogP) is 3.33. The summed E-state index contributed by atoms with van der Waals surface area (Å²) in [7, 11) is 0. The van der Waals surface area contributed by atoms with E-state index in [2.05, 4.69) is 21.1 Å². The Morgan fingerprint density at radius 3 is 2.33 bits per heavy atom. The molecule has 0 radical (unpaired) electrons. The minimum Gasteiger partial charge on any atom is -0.466 e. The molecule has 0 amide bonds. The third-order valence-electron chi connectivity index (χ3n) is 2.29. The number of hydrogen-bond acceptors (Lipinski definition) is 4. The van der Waals surface area contributed by atoms with Gasteiger partial charge in [-0.1, -0.05) is 11.6 Å². The molecule has 0 heterocycles. The molecule has 0 aromatic heterocycles. The molecule has 21 heavy (non-hydrogen) atoms. The van der Waals surface area contributed by atoms with Gasteiger partial charge in [0.15, 0.2) is 5.78 Å². The molecule has 1 aromatic rings. The Morgan fingerprint density at radius 1 is 1.29 bits per heavy atom. The van der Waals surface area contributed by atoms with E-state index in [0.717, 1.165) is 12.1 Å². The fourth-order valence-electron chi connectivity index (χ4n) is 1.36. The second-order valence-corrected chi connectivity index (χ2v) is 4.28. The van der Waals surface area contributed by atoms with E-state index in [1.807, 2.05) is 0 Å². The predicted molar refractivity (Wildman–Crippen MR) is 68.3 cm³/mol. The first-order chi connectivity index (χ1) is 9.76. The summed E-state index contributed by atoms with van der Waals surface area (Å²) in [5.74, 6) is -1.58. The van der Waals surface area contributed by atoms with Crippen LogP contribution in [0.4, 0.5) is 13.2 Å². The van der Waals surface area contributed by atoms with E-state index in [4.69, 9.17) is 0 Å². The highest BCUT2D eigenvalue weighted by molar-refractivity contribution is 6.20. The highest BCUT2D eigenvalue weighted by Crippen LogP contribution is 2.28. The molecule has 0 fully saturated rings. The zero-order valence-electron chi connectivity index (χ0n) is 10.9. The molecule has 0 aliphatic heterocycles. The lowest BCUT2D eigenvalue weighted by molar-refractivity contribution is -0.199. The monoisotopic (exact) mass is 324 g/mol. The summed E-state index contributed by atoms with van der Waals surface area (Å²) in [5, 5.41) is 0. The van der Waals surface area contributed by atoms with Crippen LogP contribution in [0.2, 0.25) is 0 Å². The Kier molecular flexibility index (Phi) is 6.02.